The third-order valence-electron chi connectivity index (χ3n) is 3.13. The van der Waals surface area contributed by atoms with Gasteiger partial charge < -0.3 is 10.6 Å². The summed E-state index contributed by atoms with van der Waals surface area (Å²) in [7, 11) is 1.86. The maximum atomic E-state index is 6.16. The minimum Gasteiger partial charge on any atom is -0.373 e. The summed E-state index contributed by atoms with van der Waals surface area (Å²) in [6.45, 7) is 6.22. The predicted octanol–water partition coefficient (Wildman–Crippen LogP) is 4.35. The Morgan fingerprint density at radius 2 is 1.85 bits per heavy atom. The molecule has 0 fully saturated rings. The molecule has 1 heterocycles. The number of anilines is 3. The molecular formula is C15H19ClN4. The van der Waals surface area contributed by atoms with Crippen LogP contribution in [0.5, 0.6) is 0 Å². The van der Waals surface area contributed by atoms with Crippen molar-refractivity contribution in [3.05, 3.63) is 40.7 Å². The predicted molar refractivity (Wildman–Crippen MR) is 85.1 cm³/mol. The topological polar surface area (TPSA) is 49.8 Å². The van der Waals surface area contributed by atoms with Crippen LogP contribution in [0.2, 0.25) is 5.02 Å². The highest BCUT2D eigenvalue weighted by Gasteiger charge is 2.14. The van der Waals surface area contributed by atoms with Crippen LogP contribution in [0, 0.1) is 6.92 Å². The molecule has 2 N–H and O–H groups in total. The number of rotatable bonds is 4. The average Bonchev–Trinajstić information content (AvgIpc) is 2.42. The second kappa shape index (κ2) is 6.09. The Labute approximate surface area is 124 Å². The summed E-state index contributed by atoms with van der Waals surface area (Å²) in [5, 5.41) is 7.17. The maximum Gasteiger partial charge on any atom is 0.139 e. The standard InChI is InChI=1S/C15H19ClN4/c1-9(2)13-14(17-4)18-8-19-15(13)20-11-6-5-10(3)12(16)7-11/h5-9H,1-4H3,(H2,17,18,19,20). The fraction of sp³-hybridized carbons (Fsp3) is 0.333. The summed E-state index contributed by atoms with van der Waals surface area (Å²) in [6.07, 6.45) is 1.55. The van der Waals surface area contributed by atoms with Crippen molar-refractivity contribution in [3.63, 3.8) is 0 Å². The smallest absolute Gasteiger partial charge is 0.139 e. The van der Waals surface area contributed by atoms with Crippen LogP contribution in [-0.4, -0.2) is 17.0 Å². The number of aryl methyl sites for hydroxylation is 1. The van der Waals surface area contributed by atoms with Crippen LogP contribution in [0.4, 0.5) is 17.3 Å². The Balaban J connectivity index is 2.40. The molecule has 5 heteroatoms. The fourth-order valence-electron chi connectivity index (χ4n) is 2.05. The monoisotopic (exact) mass is 290 g/mol. The Morgan fingerprint density at radius 3 is 2.45 bits per heavy atom. The molecule has 0 bridgehead atoms. The maximum absolute atomic E-state index is 6.16. The van der Waals surface area contributed by atoms with E-state index in [2.05, 4.69) is 34.4 Å². The van der Waals surface area contributed by atoms with Crippen molar-refractivity contribution in [2.24, 2.45) is 0 Å². The quantitative estimate of drug-likeness (QED) is 0.879. The zero-order chi connectivity index (χ0) is 14.7. The summed E-state index contributed by atoms with van der Waals surface area (Å²) in [5.41, 5.74) is 3.04. The van der Waals surface area contributed by atoms with E-state index in [0.717, 1.165) is 33.5 Å². The number of hydrogen-bond donors (Lipinski definition) is 2. The Kier molecular flexibility index (Phi) is 4.45. The average molecular weight is 291 g/mol. The van der Waals surface area contributed by atoms with Gasteiger partial charge in [-0.25, -0.2) is 9.97 Å². The Bertz CT molecular complexity index is 611. The summed E-state index contributed by atoms with van der Waals surface area (Å²) >= 11 is 6.16. The van der Waals surface area contributed by atoms with Crippen molar-refractivity contribution in [1.29, 1.82) is 0 Å². The van der Waals surface area contributed by atoms with Crippen LogP contribution < -0.4 is 10.6 Å². The first-order valence-corrected chi connectivity index (χ1v) is 6.96. The SMILES string of the molecule is CNc1ncnc(Nc2ccc(C)c(Cl)c2)c1C(C)C. The van der Waals surface area contributed by atoms with E-state index in [9.17, 15) is 0 Å². The van der Waals surface area contributed by atoms with Crippen molar-refractivity contribution in [1.82, 2.24) is 9.97 Å². The van der Waals surface area contributed by atoms with Crippen LogP contribution in [0.25, 0.3) is 0 Å². The van der Waals surface area contributed by atoms with E-state index in [1.165, 1.54) is 0 Å². The number of nitrogens with zero attached hydrogens (tertiary/aromatic N) is 2. The molecule has 20 heavy (non-hydrogen) atoms. The van der Waals surface area contributed by atoms with Crippen LogP contribution in [0.15, 0.2) is 24.5 Å². The number of aromatic nitrogens is 2. The van der Waals surface area contributed by atoms with Crippen LogP contribution in [0.1, 0.15) is 30.9 Å². The third-order valence-corrected chi connectivity index (χ3v) is 3.54. The lowest BCUT2D eigenvalue weighted by Gasteiger charge is -2.17. The Hall–Kier alpha value is -1.81. The molecule has 1 aromatic heterocycles. The van der Waals surface area contributed by atoms with Gasteiger partial charge in [0, 0.05) is 23.3 Å². The minimum absolute atomic E-state index is 0.307. The number of nitrogens with one attached hydrogen (secondary N) is 2. The van der Waals surface area contributed by atoms with Crippen molar-refractivity contribution >= 4 is 28.9 Å². The van der Waals surface area contributed by atoms with E-state index in [1.807, 2.05) is 32.2 Å². The molecule has 0 atom stereocenters. The lowest BCUT2D eigenvalue weighted by Crippen LogP contribution is -2.06. The lowest BCUT2D eigenvalue weighted by molar-refractivity contribution is 0.852. The molecule has 0 aliphatic heterocycles. The highest BCUT2D eigenvalue weighted by atomic mass is 35.5. The minimum atomic E-state index is 0.307. The van der Waals surface area contributed by atoms with E-state index in [0.29, 0.717) is 5.92 Å². The number of hydrogen-bond acceptors (Lipinski definition) is 4. The molecule has 0 aliphatic carbocycles. The third kappa shape index (κ3) is 3.02. The van der Waals surface area contributed by atoms with Gasteiger partial charge in [-0.3, -0.25) is 0 Å². The zero-order valence-corrected chi connectivity index (χ0v) is 12.9. The second-order valence-corrected chi connectivity index (χ2v) is 5.39. The van der Waals surface area contributed by atoms with Crippen molar-refractivity contribution in [2.45, 2.75) is 26.7 Å². The van der Waals surface area contributed by atoms with Gasteiger partial charge in [-0.15, -0.1) is 0 Å². The first kappa shape index (κ1) is 14.6. The van der Waals surface area contributed by atoms with Gasteiger partial charge in [-0.1, -0.05) is 31.5 Å². The van der Waals surface area contributed by atoms with Crippen LogP contribution in [-0.2, 0) is 0 Å². The molecule has 0 saturated carbocycles. The van der Waals surface area contributed by atoms with Gasteiger partial charge in [0.05, 0.1) is 0 Å². The molecular weight excluding hydrogens is 272 g/mol. The molecule has 2 aromatic rings. The van der Waals surface area contributed by atoms with Crippen molar-refractivity contribution in [3.8, 4) is 0 Å². The molecule has 4 nitrogen and oxygen atoms in total. The zero-order valence-electron chi connectivity index (χ0n) is 12.2. The van der Waals surface area contributed by atoms with Gasteiger partial charge in [0.25, 0.3) is 0 Å². The van der Waals surface area contributed by atoms with Gasteiger partial charge >= 0.3 is 0 Å². The van der Waals surface area contributed by atoms with Gasteiger partial charge in [0.1, 0.15) is 18.0 Å². The van der Waals surface area contributed by atoms with E-state index in [-0.39, 0.29) is 0 Å². The lowest BCUT2D eigenvalue weighted by atomic mass is 10.0. The van der Waals surface area contributed by atoms with Gasteiger partial charge in [0.2, 0.25) is 0 Å². The largest absolute Gasteiger partial charge is 0.373 e. The van der Waals surface area contributed by atoms with E-state index in [4.69, 9.17) is 11.6 Å². The second-order valence-electron chi connectivity index (χ2n) is 4.98. The van der Waals surface area contributed by atoms with Gasteiger partial charge in [-0.2, -0.15) is 0 Å². The molecule has 2 rings (SSSR count). The molecule has 1 aromatic carbocycles. The van der Waals surface area contributed by atoms with E-state index >= 15 is 0 Å². The molecule has 106 valence electrons. The van der Waals surface area contributed by atoms with Crippen LogP contribution in [0.3, 0.4) is 0 Å². The summed E-state index contributed by atoms with van der Waals surface area (Å²) < 4.78 is 0. The normalized spacial score (nSPS) is 10.7. The van der Waals surface area contributed by atoms with Crippen molar-refractivity contribution in [2.75, 3.05) is 17.7 Å². The highest BCUT2D eigenvalue weighted by Crippen LogP contribution is 2.31. The molecule has 0 radical (unpaired) electrons. The summed E-state index contributed by atoms with van der Waals surface area (Å²) in [5.74, 6) is 1.96. The van der Waals surface area contributed by atoms with E-state index < -0.39 is 0 Å². The molecule has 0 aliphatic rings. The summed E-state index contributed by atoms with van der Waals surface area (Å²) in [4.78, 5) is 8.61. The number of benzene rings is 1. The Morgan fingerprint density at radius 1 is 1.15 bits per heavy atom. The highest BCUT2D eigenvalue weighted by molar-refractivity contribution is 6.31. The molecule has 0 spiro atoms. The van der Waals surface area contributed by atoms with E-state index in [1.54, 1.807) is 6.33 Å². The summed E-state index contributed by atoms with van der Waals surface area (Å²) in [6, 6.07) is 5.88. The molecule has 0 amide bonds. The first-order valence-electron chi connectivity index (χ1n) is 6.58. The fourth-order valence-corrected chi connectivity index (χ4v) is 2.23. The molecule has 0 unspecified atom stereocenters. The van der Waals surface area contributed by atoms with Gasteiger partial charge in [0.15, 0.2) is 0 Å². The van der Waals surface area contributed by atoms with Crippen molar-refractivity contribution < 1.29 is 0 Å². The number of halogens is 1. The van der Waals surface area contributed by atoms with Gasteiger partial charge in [-0.05, 0) is 30.5 Å². The van der Waals surface area contributed by atoms with Crippen LogP contribution >= 0.6 is 11.6 Å². The molecule has 0 saturated heterocycles. The first-order chi connectivity index (χ1) is 9.52.